The van der Waals surface area contributed by atoms with Crippen LogP contribution in [-0.4, -0.2) is 5.91 Å². The molecular weight excluding hydrogens is 334 g/mol. The van der Waals surface area contributed by atoms with E-state index in [2.05, 4.69) is 21.2 Å². The van der Waals surface area contributed by atoms with E-state index in [1.54, 1.807) is 6.07 Å². The summed E-state index contributed by atoms with van der Waals surface area (Å²) in [6, 6.07) is 5.57. The zero-order valence-corrected chi connectivity index (χ0v) is 13.0. The third kappa shape index (κ3) is 2.76. The molecule has 2 rings (SSSR count). The second kappa shape index (κ2) is 5.43. The van der Waals surface area contributed by atoms with Crippen LogP contribution < -0.4 is 5.32 Å². The molecule has 0 aliphatic heterocycles. The molecule has 94 valence electrons. The Bertz CT molecular complexity index is 609. The first kappa shape index (κ1) is 13.6. The van der Waals surface area contributed by atoms with E-state index in [-0.39, 0.29) is 5.91 Å². The van der Waals surface area contributed by atoms with Crippen molar-refractivity contribution in [3.05, 3.63) is 49.1 Å². The van der Waals surface area contributed by atoms with E-state index in [9.17, 15) is 4.79 Å². The number of carbonyl (C=O) groups excluding carboxylic acids is 1. The van der Waals surface area contributed by atoms with Gasteiger partial charge in [0.25, 0.3) is 5.91 Å². The number of carbonyl (C=O) groups is 1. The number of halogens is 2. The van der Waals surface area contributed by atoms with E-state index >= 15 is 0 Å². The van der Waals surface area contributed by atoms with Gasteiger partial charge in [-0.25, -0.2) is 0 Å². The van der Waals surface area contributed by atoms with E-state index in [4.69, 9.17) is 11.6 Å². The lowest BCUT2D eigenvalue weighted by molar-refractivity contribution is 0.103. The molecule has 2 nitrogen and oxygen atoms in total. The molecule has 1 amide bonds. The predicted molar refractivity (Wildman–Crippen MR) is 80.9 cm³/mol. The van der Waals surface area contributed by atoms with Crippen LogP contribution in [0, 0.1) is 13.8 Å². The first-order valence-corrected chi connectivity index (χ1v) is 7.35. The van der Waals surface area contributed by atoms with Gasteiger partial charge in [-0.1, -0.05) is 11.6 Å². The van der Waals surface area contributed by atoms with Gasteiger partial charge in [-0.15, -0.1) is 11.3 Å². The fourth-order valence-corrected chi connectivity index (χ4v) is 3.07. The molecule has 0 fully saturated rings. The van der Waals surface area contributed by atoms with Gasteiger partial charge in [-0.3, -0.25) is 4.79 Å². The Labute approximate surface area is 123 Å². The topological polar surface area (TPSA) is 29.1 Å². The summed E-state index contributed by atoms with van der Waals surface area (Å²) in [6.07, 6.45) is 0. The number of nitrogens with one attached hydrogen (secondary N) is 1. The molecule has 0 aliphatic carbocycles. The molecule has 5 heteroatoms. The van der Waals surface area contributed by atoms with Crippen molar-refractivity contribution in [1.82, 2.24) is 0 Å². The van der Waals surface area contributed by atoms with Crippen molar-refractivity contribution >= 4 is 50.5 Å². The summed E-state index contributed by atoms with van der Waals surface area (Å²) in [7, 11) is 0. The number of aryl methyl sites for hydroxylation is 2. The lowest BCUT2D eigenvalue weighted by atomic mass is 10.2. The fourth-order valence-electron chi connectivity index (χ4n) is 1.53. The second-order valence-corrected chi connectivity index (χ2v) is 6.15. The molecule has 0 saturated heterocycles. The van der Waals surface area contributed by atoms with E-state index in [1.807, 2.05) is 31.4 Å². The van der Waals surface area contributed by atoms with Crippen molar-refractivity contribution in [2.24, 2.45) is 0 Å². The Balaban J connectivity index is 2.28. The summed E-state index contributed by atoms with van der Waals surface area (Å²) in [5.41, 5.74) is 2.63. The van der Waals surface area contributed by atoms with E-state index in [1.165, 1.54) is 11.3 Å². The summed E-state index contributed by atoms with van der Waals surface area (Å²) in [6.45, 7) is 3.84. The van der Waals surface area contributed by atoms with Gasteiger partial charge in [-0.2, -0.15) is 0 Å². The van der Waals surface area contributed by atoms with Gasteiger partial charge in [0.15, 0.2) is 0 Å². The molecule has 2 aromatic rings. The van der Waals surface area contributed by atoms with Gasteiger partial charge in [0.05, 0.1) is 10.6 Å². The maximum absolute atomic E-state index is 12.1. The Morgan fingerprint density at radius 2 is 2.06 bits per heavy atom. The Morgan fingerprint density at radius 1 is 1.33 bits per heavy atom. The largest absolute Gasteiger partial charge is 0.320 e. The molecule has 1 aromatic carbocycles. The van der Waals surface area contributed by atoms with Gasteiger partial charge >= 0.3 is 0 Å². The van der Waals surface area contributed by atoms with Crippen LogP contribution in [0.4, 0.5) is 5.69 Å². The minimum Gasteiger partial charge on any atom is -0.320 e. The average Bonchev–Trinajstić information content (AvgIpc) is 2.72. The third-order valence-electron chi connectivity index (χ3n) is 2.56. The molecule has 1 heterocycles. The van der Waals surface area contributed by atoms with Crippen LogP contribution in [0.25, 0.3) is 0 Å². The summed E-state index contributed by atoms with van der Waals surface area (Å²) in [4.78, 5) is 12.8. The molecule has 1 N–H and O–H groups in total. The van der Waals surface area contributed by atoms with Crippen LogP contribution in [0.15, 0.2) is 28.1 Å². The predicted octanol–water partition coefficient (Wildman–Crippen LogP) is 5.03. The molecule has 1 aromatic heterocycles. The first-order chi connectivity index (χ1) is 8.49. The van der Waals surface area contributed by atoms with E-state index in [0.717, 1.165) is 20.5 Å². The van der Waals surface area contributed by atoms with Crippen molar-refractivity contribution in [3.63, 3.8) is 0 Å². The number of anilines is 1. The van der Waals surface area contributed by atoms with Gasteiger partial charge < -0.3 is 5.32 Å². The lowest BCUT2D eigenvalue weighted by Gasteiger charge is -2.09. The van der Waals surface area contributed by atoms with Crippen molar-refractivity contribution in [2.75, 3.05) is 5.32 Å². The summed E-state index contributed by atoms with van der Waals surface area (Å²) in [5.74, 6) is -0.108. The molecule has 0 aliphatic rings. The van der Waals surface area contributed by atoms with Crippen molar-refractivity contribution in [3.8, 4) is 0 Å². The Morgan fingerprint density at radius 3 is 2.67 bits per heavy atom. The van der Waals surface area contributed by atoms with Crippen LogP contribution >= 0.6 is 38.9 Å². The highest BCUT2D eigenvalue weighted by Gasteiger charge is 2.13. The number of thiophene rings is 1. The smallest absolute Gasteiger partial charge is 0.266 e. The molecular formula is C13H11BrClNOS. The number of amides is 1. The molecule has 0 atom stereocenters. The van der Waals surface area contributed by atoms with Gasteiger partial charge in [0.2, 0.25) is 0 Å². The zero-order chi connectivity index (χ0) is 13.3. The molecule has 0 bridgehead atoms. The summed E-state index contributed by atoms with van der Waals surface area (Å²) in [5, 5.41) is 5.40. The van der Waals surface area contributed by atoms with Crippen LogP contribution in [0.2, 0.25) is 5.02 Å². The van der Waals surface area contributed by atoms with E-state index < -0.39 is 0 Å². The minimum absolute atomic E-state index is 0.108. The van der Waals surface area contributed by atoms with Crippen molar-refractivity contribution in [1.29, 1.82) is 0 Å². The fraction of sp³-hybridized carbons (Fsp3) is 0.154. The highest BCUT2D eigenvalue weighted by Crippen LogP contribution is 2.30. The Kier molecular flexibility index (Phi) is 4.10. The highest BCUT2D eigenvalue weighted by atomic mass is 79.9. The summed E-state index contributed by atoms with van der Waals surface area (Å²) < 4.78 is 0.826. The van der Waals surface area contributed by atoms with Crippen molar-refractivity contribution < 1.29 is 4.79 Å². The molecule has 0 unspecified atom stereocenters. The van der Waals surface area contributed by atoms with Crippen LogP contribution in [0.5, 0.6) is 0 Å². The Hall–Kier alpha value is -0.840. The van der Waals surface area contributed by atoms with Gasteiger partial charge in [-0.05, 0) is 64.5 Å². The SMILES string of the molecule is Cc1cc(Br)c(NC(=O)c2sccc2C)cc1Cl. The molecule has 0 spiro atoms. The normalized spacial score (nSPS) is 10.4. The standard InChI is InChI=1S/C13H11BrClNOS/c1-7-3-4-18-12(7)13(17)16-11-6-10(15)8(2)5-9(11)14/h3-6H,1-2H3,(H,16,17). The number of rotatable bonds is 2. The second-order valence-electron chi connectivity index (χ2n) is 3.97. The number of hydrogen-bond donors (Lipinski definition) is 1. The van der Waals surface area contributed by atoms with Crippen molar-refractivity contribution in [2.45, 2.75) is 13.8 Å². The molecule has 0 saturated carbocycles. The summed E-state index contributed by atoms with van der Waals surface area (Å²) >= 11 is 10.9. The van der Waals surface area contributed by atoms with Gasteiger partial charge in [0, 0.05) is 9.50 Å². The third-order valence-corrected chi connectivity index (χ3v) is 4.64. The lowest BCUT2D eigenvalue weighted by Crippen LogP contribution is -2.11. The average molecular weight is 345 g/mol. The monoisotopic (exact) mass is 343 g/mol. The van der Waals surface area contributed by atoms with E-state index in [0.29, 0.717) is 10.7 Å². The van der Waals surface area contributed by atoms with Crippen LogP contribution in [-0.2, 0) is 0 Å². The number of benzene rings is 1. The molecule has 0 radical (unpaired) electrons. The molecule has 18 heavy (non-hydrogen) atoms. The number of hydrogen-bond acceptors (Lipinski definition) is 2. The maximum atomic E-state index is 12.1. The minimum atomic E-state index is -0.108. The zero-order valence-electron chi connectivity index (χ0n) is 9.88. The van der Waals surface area contributed by atoms with Gasteiger partial charge in [0.1, 0.15) is 0 Å². The van der Waals surface area contributed by atoms with Crippen LogP contribution in [0.1, 0.15) is 20.8 Å². The quantitative estimate of drug-likeness (QED) is 0.813. The first-order valence-electron chi connectivity index (χ1n) is 5.30. The van der Waals surface area contributed by atoms with Crippen LogP contribution in [0.3, 0.4) is 0 Å². The highest BCUT2D eigenvalue weighted by molar-refractivity contribution is 9.10. The maximum Gasteiger partial charge on any atom is 0.266 e.